The van der Waals surface area contributed by atoms with Gasteiger partial charge in [0, 0.05) is 19.3 Å². The number of carboxylic acid groups (broad SMARTS) is 1. The van der Waals surface area contributed by atoms with Gasteiger partial charge in [-0.15, -0.1) is 0 Å². The number of carbonyl (C=O) groups excluding carboxylic acids is 3. The highest BCUT2D eigenvalue weighted by atomic mass is 16.7. The molecule has 6 atom stereocenters. The Kier molecular flexibility index (Phi) is 44.9. The van der Waals surface area contributed by atoms with E-state index in [0.717, 1.165) is 96.3 Å². The number of unbranched alkanes of at least 4 members (excludes halogenated alkanes) is 32. The molecule has 0 aromatic heterocycles. The zero-order chi connectivity index (χ0) is 51.8. The molecule has 71 heavy (non-hydrogen) atoms. The molecule has 414 valence electrons. The van der Waals surface area contributed by atoms with Crippen LogP contribution >= 0.6 is 0 Å². The molecule has 1 aliphatic heterocycles. The van der Waals surface area contributed by atoms with Crippen LogP contribution in [0.1, 0.15) is 278 Å². The first-order valence-corrected chi connectivity index (χ1v) is 29.3. The fourth-order valence-corrected chi connectivity index (χ4v) is 8.95. The fraction of sp³-hybridized carbons (Fsp3) is 0.864. The van der Waals surface area contributed by atoms with Gasteiger partial charge in [0.1, 0.15) is 18.8 Å². The highest BCUT2D eigenvalue weighted by Crippen LogP contribution is 2.26. The van der Waals surface area contributed by atoms with E-state index in [1.54, 1.807) is 0 Å². The first-order valence-electron chi connectivity index (χ1n) is 29.3. The Balaban J connectivity index is 2.70. The zero-order valence-corrected chi connectivity index (χ0v) is 45.5. The zero-order valence-electron chi connectivity index (χ0n) is 45.5. The number of aliphatic carboxylic acids is 1. The second-order valence-electron chi connectivity index (χ2n) is 20.3. The molecule has 0 spiro atoms. The molecule has 12 heteroatoms. The average Bonchev–Trinajstić information content (AvgIpc) is 3.35. The van der Waals surface area contributed by atoms with Gasteiger partial charge < -0.3 is 39.0 Å². The Labute approximate surface area is 432 Å². The van der Waals surface area contributed by atoms with Crippen LogP contribution in [-0.2, 0) is 42.9 Å². The minimum atomic E-state index is -1.90. The van der Waals surface area contributed by atoms with Crippen LogP contribution in [0.3, 0.4) is 0 Å². The largest absolute Gasteiger partial charge is 0.479 e. The summed E-state index contributed by atoms with van der Waals surface area (Å²) in [7, 11) is 0. The molecule has 0 saturated carbocycles. The van der Waals surface area contributed by atoms with Crippen molar-refractivity contribution in [2.45, 2.75) is 314 Å². The Hall–Kier alpha value is -2.80. The van der Waals surface area contributed by atoms with E-state index in [-0.39, 0.29) is 25.9 Å². The summed E-state index contributed by atoms with van der Waals surface area (Å²) < 4.78 is 28.4. The third kappa shape index (κ3) is 38.4. The number of esters is 3. The maximum absolute atomic E-state index is 13.1. The van der Waals surface area contributed by atoms with E-state index in [2.05, 4.69) is 45.1 Å². The molecule has 1 saturated heterocycles. The lowest BCUT2D eigenvalue weighted by Gasteiger charge is -2.40. The van der Waals surface area contributed by atoms with Crippen molar-refractivity contribution in [2.24, 2.45) is 0 Å². The van der Waals surface area contributed by atoms with Gasteiger partial charge in [-0.1, -0.05) is 212 Å². The first-order chi connectivity index (χ1) is 34.6. The van der Waals surface area contributed by atoms with Crippen LogP contribution in [0.15, 0.2) is 24.3 Å². The van der Waals surface area contributed by atoms with Crippen molar-refractivity contribution in [1.29, 1.82) is 0 Å². The number of carbonyl (C=O) groups is 4. The molecular formula is C59H106O12. The SMILES string of the molecule is CCCCCC/C=C\CCCCCCCC(=O)OCC(COC1OC(C(=O)O)C(O)C(O)C1OC(=O)CCCCCCC/C=C\CCCCCCCC)OC(=O)CCCCCCCCCCCCCCC. The van der Waals surface area contributed by atoms with Crippen LogP contribution in [-0.4, -0.2) is 89.2 Å². The molecule has 3 N–H and O–H groups in total. The van der Waals surface area contributed by atoms with Gasteiger partial charge in [0.25, 0.3) is 0 Å². The highest BCUT2D eigenvalue weighted by Gasteiger charge is 2.50. The van der Waals surface area contributed by atoms with Gasteiger partial charge in [-0.25, -0.2) is 4.79 Å². The lowest BCUT2D eigenvalue weighted by atomic mass is 9.98. The van der Waals surface area contributed by atoms with Gasteiger partial charge in [0.05, 0.1) is 6.61 Å². The van der Waals surface area contributed by atoms with Crippen LogP contribution in [0, 0.1) is 0 Å². The summed E-state index contributed by atoms with van der Waals surface area (Å²) in [6.07, 6.45) is 41.5. The highest BCUT2D eigenvalue weighted by molar-refractivity contribution is 5.74. The topological polar surface area (TPSA) is 175 Å². The summed E-state index contributed by atoms with van der Waals surface area (Å²) in [6.45, 7) is 5.98. The second kappa shape index (κ2) is 48.2. The van der Waals surface area contributed by atoms with E-state index < -0.39 is 67.3 Å². The first kappa shape index (κ1) is 66.2. The Morgan fingerprint density at radius 2 is 0.803 bits per heavy atom. The standard InChI is InChI=1S/C59H106O12/c1-4-7-10-13-16-19-22-25-26-29-32-35-38-41-44-47-53(62)70-57-55(64)54(63)56(58(65)66)71-59(57)68-49-50(69-52(61)46-43-40-37-34-31-28-24-21-18-15-12-9-6-3)48-67-51(60)45-42-39-36-33-30-27-23-20-17-14-11-8-5-2/h20,23,25-26,50,54-57,59,63-64H,4-19,21-22,24,27-49H2,1-3H3,(H,65,66)/b23-20-,26-25-. The summed E-state index contributed by atoms with van der Waals surface area (Å²) in [5, 5.41) is 31.4. The quantitative estimate of drug-likeness (QED) is 0.0228. The third-order valence-electron chi connectivity index (χ3n) is 13.5. The van der Waals surface area contributed by atoms with Crippen molar-refractivity contribution in [3.8, 4) is 0 Å². The third-order valence-corrected chi connectivity index (χ3v) is 13.5. The van der Waals surface area contributed by atoms with Crippen molar-refractivity contribution in [3.63, 3.8) is 0 Å². The minimum Gasteiger partial charge on any atom is -0.479 e. The van der Waals surface area contributed by atoms with Gasteiger partial charge in [-0.05, 0) is 70.6 Å². The maximum Gasteiger partial charge on any atom is 0.335 e. The number of hydrogen-bond acceptors (Lipinski definition) is 11. The van der Waals surface area contributed by atoms with Gasteiger partial charge >= 0.3 is 23.9 Å². The Morgan fingerprint density at radius 3 is 1.21 bits per heavy atom. The molecule has 6 unspecified atom stereocenters. The molecule has 0 amide bonds. The van der Waals surface area contributed by atoms with E-state index in [1.165, 1.54) is 122 Å². The predicted octanol–water partition coefficient (Wildman–Crippen LogP) is 14.7. The van der Waals surface area contributed by atoms with Crippen molar-refractivity contribution in [1.82, 2.24) is 0 Å². The predicted molar refractivity (Wildman–Crippen MR) is 285 cm³/mol. The van der Waals surface area contributed by atoms with E-state index in [9.17, 15) is 34.5 Å². The molecule has 0 aromatic carbocycles. The lowest BCUT2D eigenvalue weighted by molar-refractivity contribution is -0.301. The summed E-state index contributed by atoms with van der Waals surface area (Å²) >= 11 is 0. The average molecular weight is 1010 g/mol. The van der Waals surface area contributed by atoms with Gasteiger partial charge in [0.2, 0.25) is 0 Å². The molecule has 0 aliphatic carbocycles. The number of rotatable bonds is 50. The summed E-state index contributed by atoms with van der Waals surface area (Å²) in [5.74, 6) is -3.11. The summed E-state index contributed by atoms with van der Waals surface area (Å²) in [6, 6.07) is 0. The molecule has 12 nitrogen and oxygen atoms in total. The van der Waals surface area contributed by atoms with Crippen LogP contribution < -0.4 is 0 Å². The lowest BCUT2D eigenvalue weighted by Crippen LogP contribution is -2.61. The Morgan fingerprint density at radius 1 is 0.451 bits per heavy atom. The van der Waals surface area contributed by atoms with Crippen LogP contribution in [0.2, 0.25) is 0 Å². The number of carboxylic acids is 1. The summed E-state index contributed by atoms with van der Waals surface area (Å²) in [4.78, 5) is 51.0. The van der Waals surface area contributed by atoms with E-state index in [4.69, 9.17) is 23.7 Å². The summed E-state index contributed by atoms with van der Waals surface area (Å²) in [5.41, 5.74) is 0. The van der Waals surface area contributed by atoms with E-state index in [1.807, 2.05) is 0 Å². The monoisotopic (exact) mass is 1010 g/mol. The number of aliphatic hydroxyl groups is 2. The Bertz CT molecular complexity index is 1340. The molecule has 1 rings (SSSR count). The van der Waals surface area contributed by atoms with Crippen LogP contribution in [0.5, 0.6) is 0 Å². The number of hydrogen-bond donors (Lipinski definition) is 3. The number of allylic oxidation sites excluding steroid dienone is 4. The molecule has 0 bridgehead atoms. The van der Waals surface area contributed by atoms with Gasteiger partial charge in [-0.2, -0.15) is 0 Å². The molecule has 1 aliphatic rings. The molecular weight excluding hydrogens is 901 g/mol. The van der Waals surface area contributed by atoms with Crippen LogP contribution in [0.4, 0.5) is 0 Å². The van der Waals surface area contributed by atoms with Crippen molar-refractivity contribution < 1.29 is 58.2 Å². The number of ether oxygens (including phenoxy) is 5. The van der Waals surface area contributed by atoms with Gasteiger partial charge in [-0.3, -0.25) is 14.4 Å². The molecule has 0 radical (unpaired) electrons. The van der Waals surface area contributed by atoms with Crippen LogP contribution in [0.25, 0.3) is 0 Å². The minimum absolute atomic E-state index is 0.0541. The molecule has 1 fully saturated rings. The second-order valence-corrected chi connectivity index (χ2v) is 20.3. The van der Waals surface area contributed by atoms with Gasteiger partial charge in [0.15, 0.2) is 24.6 Å². The smallest absolute Gasteiger partial charge is 0.335 e. The maximum atomic E-state index is 13.1. The number of aliphatic hydroxyl groups excluding tert-OH is 2. The van der Waals surface area contributed by atoms with Crippen molar-refractivity contribution >= 4 is 23.9 Å². The normalized spacial score (nSPS) is 18.6. The van der Waals surface area contributed by atoms with E-state index in [0.29, 0.717) is 19.3 Å². The molecule has 1 heterocycles. The van der Waals surface area contributed by atoms with Crippen molar-refractivity contribution in [2.75, 3.05) is 13.2 Å². The fourth-order valence-electron chi connectivity index (χ4n) is 8.95. The van der Waals surface area contributed by atoms with E-state index >= 15 is 0 Å². The van der Waals surface area contributed by atoms with Crippen molar-refractivity contribution in [3.05, 3.63) is 24.3 Å². The molecule has 0 aromatic rings.